The van der Waals surface area contributed by atoms with Crippen molar-refractivity contribution in [2.24, 2.45) is 5.92 Å². The number of allylic oxidation sites excluding steroid dienone is 2. The molecule has 0 aromatic carbocycles. The molecule has 0 aliphatic rings. The van der Waals surface area contributed by atoms with Crippen LogP contribution in [0, 0.1) is 19.8 Å². The molecule has 0 aliphatic carbocycles. The summed E-state index contributed by atoms with van der Waals surface area (Å²) in [5, 5.41) is 0. The molecule has 0 aromatic heterocycles. The zero-order chi connectivity index (χ0) is 14.2. The molecule has 0 heterocycles. The van der Waals surface area contributed by atoms with Gasteiger partial charge < -0.3 is 0 Å². The average molecular weight is 264 g/mol. The Morgan fingerprint density at radius 2 is 1.26 bits per heavy atom. The Morgan fingerprint density at radius 3 is 1.95 bits per heavy atom. The van der Waals surface area contributed by atoms with E-state index in [9.17, 15) is 0 Å². The first-order chi connectivity index (χ1) is 9.31. The van der Waals surface area contributed by atoms with Crippen LogP contribution in [0.5, 0.6) is 0 Å². The third-order valence-electron chi connectivity index (χ3n) is 3.81. The number of hydrogen-bond acceptors (Lipinski definition) is 0. The Hall–Kier alpha value is -0.260. The molecule has 0 aliphatic heterocycles. The molecule has 0 spiro atoms. The van der Waals surface area contributed by atoms with Gasteiger partial charge in [-0.3, -0.25) is 0 Å². The minimum absolute atomic E-state index is 0.895. The zero-order valence-corrected chi connectivity index (χ0v) is 13.3. The fourth-order valence-corrected chi connectivity index (χ4v) is 2.40. The van der Waals surface area contributed by atoms with Gasteiger partial charge in [0.15, 0.2) is 0 Å². The standard InChI is InChI=1S/C19H36/c1-4-6-8-10-11-12-13-14-16-18-19(3)17-15-9-7-5-2/h13-14,19H,1-2,4-12,15-18H2,3H3. The quantitative estimate of drug-likeness (QED) is 0.236. The lowest BCUT2D eigenvalue weighted by Crippen LogP contribution is -1.93. The van der Waals surface area contributed by atoms with Crippen LogP contribution in [0.1, 0.15) is 90.4 Å². The van der Waals surface area contributed by atoms with Gasteiger partial charge in [-0.25, -0.2) is 0 Å². The van der Waals surface area contributed by atoms with Gasteiger partial charge in [0.1, 0.15) is 0 Å². The molecular formula is C19H36. The zero-order valence-electron chi connectivity index (χ0n) is 13.3. The SMILES string of the molecule is [CH2]CCCCCCC=CCCC(C)CCCCC[CH2]. The van der Waals surface area contributed by atoms with E-state index in [2.05, 4.69) is 32.9 Å². The van der Waals surface area contributed by atoms with Crippen LogP contribution in [-0.2, 0) is 0 Å². The maximum absolute atomic E-state index is 3.89. The molecule has 2 radical (unpaired) electrons. The second kappa shape index (κ2) is 15.8. The van der Waals surface area contributed by atoms with Crippen LogP contribution in [0.4, 0.5) is 0 Å². The molecule has 0 amide bonds. The van der Waals surface area contributed by atoms with E-state index in [-0.39, 0.29) is 0 Å². The third kappa shape index (κ3) is 15.7. The van der Waals surface area contributed by atoms with Gasteiger partial charge in [0.2, 0.25) is 0 Å². The monoisotopic (exact) mass is 264 g/mol. The van der Waals surface area contributed by atoms with Gasteiger partial charge in [-0.1, -0.05) is 90.7 Å². The van der Waals surface area contributed by atoms with Crippen LogP contribution >= 0.6 is 0 Å². The van der Waals surface area contributed by atoms with Gasteiger partial charge in [0, 0.05) is 0 Å². The van der Waals surface area contributed by atoms with E-state index < -0.39 is 0 Å². The predicted molar refractivity (Wildman–Crippen MR) is 89.0 cm³/mol. The summed E-state index contributed by atoms with van der Waals surface area (Å²) in [7, 11) is 0. The highest BCUT2D eigenvalue weighted by Crippen LogP contribution is 2.15. The minimum atomic E-state index is 0.895. The number of rotatable bonds is 14. The second-order valence-electron chi connectivity index (χ2n) is 5.91. The summed E-state index contributed by atoms with van der Waals surface area (Å²) in [6.45, 7) is 10.2. The number of hydrogen-bond donors (Lipinski definition) is 0. The van der Waals surface area contributed by atoms with Crippen LogP contribution < -0.4 is 0 Å². The van der Waals surface area contributed by atoms with Crippen LogP contribution in [0.25, 0.3) is 0 Å². The van der Waals surface area contributed by atoms with Crippen LogP contribution in [0.3, 0.4) is 0 Å². The van der Waals surface area contributed by atoms with Crippen molar-refractivity contribution in [3.05, 3.63) is 26.0 Å². The predicted octanol–water partition coefficient (Wildman–Crippen LogP) is 6.92. The van der Waals surface area contributed by atoms with E-state index >= 15 is 0 Å². The molecule has 0 N–H and O–H groups in total. The van der Waals surface area contributed by atoms with Gasteiger partial charge in [0.25, 0.3) is 0 Å². The molecule has 19 heavy (non-hydrogen) atoms. The molecule has 0 aromatic rings. The van der Waals surface area contributed by atoms with E-state index in [1.54, 1.807) is 0 Å². The molecule has 1 atom stereocenters. The highest BCUT2D eigenvalue weighted by Gasteiger charge is 2.00. The van der Waals surface area contributed by atoms with Crippen molar-refractivity contribution >= 4 is 0 Å². The first-order valence-corrected chi connectivity index (χ1v) is 8.54. The third-order valence-corrected chi connectivity index (χ3v) is 3.81. The van der Waals surface area contributed by atoms with Crippen molar-refractivity contribution in [3.8, 4) is 0 Å². The van der Waals surface area contributed by atoms with E-state index in [1.807, 2.05) is 0 Å². The molecule has 112 valence electrons. The molecule has 0 saturated heterocycles. The highest BCUT2D eigenvalue weighted by molar-refractivity contribution is 4.81. The second-order valence-corrected chi connectivity index (χ2v) is 5.91. The largest absolute Gasteiger partial charge is 0.0885 e. The van der Waals surface area contributed by atoms with Gasteiger partial charge in [-0.15, -0.1) is 0 Å². The fraction of sp³-hybridized carbons (Fsp3) is 0.789. The van der Waals surface area contributed by atoms with Crippen molar-refractivity contribution in [2.45, 2.75) is 90.4 Å². The van der Waals surface area contributed by atoms with E-state index in [1.165, 1.54) is 70.6 Å². The van der Waals surface area contributed by atoms with E-state index in [0.717, 1.165) is 18.8 Å². The molecule has 0 fully saturated rings. The maximum atomic E-state index is 3.89. The molecule has 0 heteroatoms. The Balaban J connectivity index is 3.22. The minimum Gasteiger partial charge on any atom is -0.0885 e. The Kier molecular flexibility index (Phi) is 15.6. The Labute approximate surface area is 123 Å². The van der Waals surface area contributed by atoms with Crippen LogP contribution in [-0.4, -0.2) is 0 Å². The smallest absolute Gasteiger partial charge is 0.0348 e. The van der Waals surface area contributed by atoms with E-state index in [0.29, 0.717) is 0 Å². The van der Waals surface area contributed by atoms with Crippen LogP contribution in [0.2, 0.25) is 0 Å². The topological polar surface area (TPSA) is 0 Å². The first-order valence-electron chi connectivity index (χ1n) is 8.54. The summed E-state index contributed by atoms with van der Waals surface area (Å²) in [4.78, 5) is 0. The lowest BCUT2D eigenvalue weighted by atomic mass is 9.98. The Bertz CT molecular complexity index is 180. The van der Waals surface area contributed by atoms with Crippen molar-refractivity contribution in [2.75, 3.05) is 0 Å². The highest BCUT2D eigenvalue weighted by atomic mass is 14.1. The lowest BCUT2D eigenvalue weighted by Gasteiger charge is -2.09. The summed E-state index contributed by atoms with van der Waals surface area (Å²) in [5.41, 5.74) is 0. The van der Waals surface area contributed by atoms with Crippen molar-refractivity contribution < 1.29 is 0 Å². The van der Waals surface area contributed by atoms with E-state index in [4.69, 9.17) is 0 Å². The molecular weight excluding hydrogens is 228 g/mol. The summed E-state index contributed by atoms with van der Waals surface area (Å²) in [6.07, 6.45) is 21.8. The summed E-state index contributed by atoms with van der Waals surface area (Å²) < 4.78 is 0. The molecule has 0 rings (SSSR count). The lowest BCUT2D eigenvalue weighted by molar-refractivity contribution is 0.464. The fourth-order valence-electron chi connectivity index (χ4n) is 2.40. The van der Waals surface area contributed by atoms with Gasteiger partial charge in [-0.05, 0) is 31.6 Å². The van der Waals surface area contributed by atoms with Gasteiger partial charge in [0.05, 0.1) is 0 Å². The van der Waals surface area contributed by atoms with Crippen molar-refractivity contribution in [3.63, 3.8) is 0 Å². The maximum Gasteiger partial charge on any atom is -0.0348 e. The molecule has 1 unspecified atom stereocenters. The molecule has 0 nitrogen and oxygen atoms in total. The summed E-state index contributed by atoms with van der Waals surface area (Å²) in [5.74, 6) is 0.895. The molecule has 0 saturated carbocycles. The van der Waals surface area contributed by atoms with Gasteiger partial charge >= 0.3 is 0 Å². The van der Waals surface area contributed by atoms with Crippen molar-refractivity contribution in [1.82, 2.24) is 0 Å². The van der Waals surface area contributed by atoms with Crippen LogP contribution in [0.15, 0.2) is 12.2 Å². The van der Waals surface area contributed by atoms with Crippen molar-refractivity contribution in [1.29, 1.82) is 0 Å². The van der Waals surface area contributed by atoms with Gasteiger partial charge in [-0.2, -0.15) is 0 Å². The average Bonchev–Trinajstić information content (AvgIpc) is 2.42. The Morgan fingerprint density at radius 1 is 0.684 bits per heavy atom. The molecule has 0 bridgehead atoms. The first kappa shape index (κ1) is 18.7. The summed E-state index contributed by atoms with van der Waals surface area (Å²) in [6, 6.07) is 0. The normalized spacial score (nSPS) is 13.2. The number of unbranched alkanes of at least 4 members (excludes halogenated alkanes) is 8. The summed E-state index contributed by atoms with van der Waals surface area (Å²) >= 11 is 0.